The van der Waals surface area contributed by atoms with Gasteiger partial charge in [0.1, 0.15) is 12.4 Å². The topological polar surface area (TPSA) is 84.6 Å². The lowest BCUT2D eigenvalue weighted by atomic mass is 10.1. The van der Waals surface area contributed by atoms with E-state index < -0.39 is 5.97 Å². The monoisotopic (exact) mass is 286 g/mol. The van der Waals surface area contributed by atoms with Crippen LogP contribution in [-0.2, 0) is 0 Å². The van der Waals surface area contributed by atoms with Crippen LogP contribution in [0.1, 0.15) is 15.9 Å². The minimum atomic E-state index is -1.04. The van der Waals surface area contributed by atoms with Crippen LogP contribution in [0.15, 0.2) is 42.5 Å². The maximum Gasteiger partial charge on any atom is 0.337 e. The molecular weight excluding hydrogens is 268 g/mol. The van der Waals surface area contributed by atoms with E-state index in [1.165, 1.54) is 6.07 Å². The number of nitrogens with two attached hydrogens (primary N) is 1. The number of hydrogen-bond acceptors (Lipinski definition) is 4. The van der Waals surface area contributed by atoms with Gasteiger partial charge in [-0.25, -0.2) is 4.79 Å². The SMILES string of the molecule is Cc1cccc(OCCNc2ccc(N)c(C(=O)O)c2)c1. The zero-order valence-electron chi connectivity index (χ0n) is 11.8. The van der Waals surface area contributed by atoms with Gasteiger partial charge in [0, 0.05) is 17.9 Å². The lowest BCUT2D eigenvalue weighted by Gasteiger charge is -2.10. The summed E-state index contributed by atoms with van der Waals surface area (Å²) in [7, 11) is 0. The van der Waals surface area contributed by atoms with Crippen molar-refractivity contribution >= 4 is 17.3 Å². The van der Waals surface area contributed by atoms with Gasteiger partial charge in [0.15, 0.2) is 0 Å². The fraction of sp³-hybridized carbons (Fsp3) is 0.188. The zero-order chi connectivity index (χ0) is 15.2. The van der Waals surface area contributed by atoms with E-state index in [4.69, 9.17) is 15.6 Å². The Bertz CT molecular complexity index is 641. The Hall–Kier alpha value is -2.69. The first-order valence-corrected chi connectivity index (χ1v) is 6.62. The first-order valence-electron chi connectivity index (χ1n) is 6.62. The van der Waals surface area contributed by atoms with Crippen LogP contribution in [0.4, 0.5) is 11.4 Å². The molecule has 0 radical (unpaired) electrons. The van der Waals surface area contributed by atoms with E-state index in [-0.39, 0.29) is 11.3 Å². The molecule has 0 aliphatic carbocycles. The highest BCUT2D eigenvalue weighted by atomic mass is 16.5. The van der Waals surface area contributed by atoms with Gasteiger partial charge in [0.25, 0.3) is 0 Å². The Morgan fingerprint density at radius 2 is 2.10 bits per heavy atom. The van der Waals surface area contributed by atoms with Gasteiger partial charge in [-0.2, -0.15) is 0 Å². The van der Waals surface area contributed by atoms with E-state index in [2.05, 4.69) is 5.32 Å². The molecule has 21 heavy (non-hydrogen) atoms. The number of ether oxygens (including phenoxy) is 1. The van der Waals surface area contributed by atoms with Crippen LogP contribution in [0.3, 0.4) is 0 Å². The molecule has 2 rings (SSSR count). The van der Waals surface area contributed by atoms with Crippen LogP contribution in [0.5, 0.6) is 5.75 Å². The number of hydrogen-bond donors (Lipinski definition) is 3. The van der Waals surface area contributed by atoms with Gasteiger partial charge in [-0.05, 0) is 42.8 Å². The fourth-order valence-electron chi connectivity index (χ4n) is 1.92. The van der Waals surface area contributed by atoms with E-state index in [0.29, 0.717) is 18.8 Å². The molecule has 110 valence electrons. The number of nitrogen functional groups attached to an aromatic ring is 1. The second-order valence-corrected chi connectivity index (χ2v) is 4.70. The second kappa shape index (κ2) is 6.65. The van der Waals surface area contributed by atoms with Crippen LogP contribution in [0.2, 0.25) is 0 Å². The van der Waals surface area contributed by atoms with Crippen molar-refractivity contribution in [1.82, 2.24) is 0 Å². The lowest BCUT2D eigenvalue weighted by Crippen LogP contribution is -2.12. The molecule has 0 fully saturated rings. The van der Waals surface area contributed by atoms with Crippen molar-refractivity contribution in [1.29, 1.82) is 0 Å². The molecule has 2 aromatic carbocycles. The van der Waals surface area contributed by atoms with Gasteiger partial charge in [0.05, 0.1) is 5.56 Å². The smallest absolute Gasteiger partial charge is 0.337 e. The lowest BCUT2D eigenvalue weighted by molar-refractivity contribution is 0.0698. The first-order chi connectivity index (χ1) is 10.1. The Labute approximate surface area is 123 Å². The summed E-state index contributed by atoms with van der Waals surface area (Å²) in [5.74, 6) is -0.215. The maximum atomic E-state index is 11.0. The van der Waals surface area contributed by atoms with Gasteiger partial charge in [-0.3, -0.25) is 0 Å². The molecule has 4 N–H and O–H groups in total. The summed E-state index contributed by atoms with van der Waals surface area (Å²) in [6.45, 7) is 3.06. The third kappa shape index (κ3) is 4.14. The number of nitrogens with one attached hydrogen (secondary N) is 1. The highest BCUT2D eigenvalue weighted by molar-refractivity contribution is 5.94. The highest BCUT2D eigenvalue weighted by Gasteiger charge is 2.08. The molecule has 0 amide bonds. The Morgan fingerprint density at radius 1 is 1.29 bits per heavy atom. The summed E-state index contributed by atoms with van der Waals surface area (Å²) < 4.78 is 5.61. The average molecular weight is 286 g/mol. The van der Waals surface area contributed by atoms with Crippen molar-refractivity contribution in [2.75, 3.05) is 24.2 Å². The third-order valence-electron chi connectivity index (χ3n) is 2.97. The molecule has 0 unspecified atom stereocenters. The number of aromatic carboxylic acids is 1. The summed E-state index contributed by atoms with van der Waals surface area (Å²) in [5, 5.41) is 12.1. The number of anilines is 2. The molecule has 5 heteroatoms. The average Bonchev–Trinajstić information content (AvgIpc) is 2.45. The third-order valence-corrected chi connectivity index (χ3v) is 2.97. The molecule has 5 nitrogen and oxygen atoms in total. The minimum Gasteiger partial charge on any atom is -0.492 e. The summed E-state index contributed by atoms with van der Waals surface area (Å²) in [4.78, 5) is 11.0. The molecule has 0 heterocycles. The molecule has 0 bridgehead atoms. The van der Waals surface area contributed by atoms with Gasteiger partial charge < -0.3 is 20.9 Å². The Morgan fingerprint density at radius 3 is 2.81 bits per heavy atom. The minimum absolute atomic E-state index is 0.0969. The highest BCUT2D eigenvalue weighted by Crippen LogP contribution is 2.18. The van der Waals surface area contributed by atoms with Crippen LogP contribution >= 0.6 is 0 Å². The fourth-order valence-corrected chi connectivity index (χ4v) is 1.92. The van der Waals surface area contributed by atoms with Gasteiger partial charge in [-0.1, -0.05) is 12.1 Å². The second-order valence-electron chi connectivity index (χ2n) is 4.70. The van der Waals surface area contributed by atoms with E-state index in [0.717, 1.165) is 11.3 Å². The first kappa shape index (κ1) is 14.7. The molecule has 0 saturated heterocycles. The number of carboxylic acid groups (broad SMARTS) is 1. The van der Waals surface area contributed by atoms with Crippen molar-refractivity contribution in [3.63, 3.8) is 0 Å². The molecular formula is C16H18N2O3. The van der Waals surface area contributed by atoms with Gasteiger partial charge in [-0.15, -0.1) is 0 Å². The predicted octanol–water partition coefficient (Wildman–Crippen LogP) is 2.77. The maximum absolute atomic E-state index is 11.0. The van der Waals surface area contributed by atoms with Crippen LogP contribution in [-0.4, -0.2) is 24.2 Å². The van der Waals surface area contributed by atoms with Crippen LogP contribution in [0, 0.1) is 6.92 Å². The number of carboxylic acids is 1. The largest absolute Gasteiger partial charge is 0.492 e. The summed E-state index contributed by atoms with van der Waals surface area (Å²) in [6.07, 6.45) is 0. The molecule has 0 aliphatic rings. The molecule has 0 aliphatic heterocycles. The summed E-state index contributed by atoms with van der Waals surface area (Å²) in [6, 6.07) is 12.7. The molecule has 0 aromatic heterocycles. The number of carbonyl (C=O) groups is 1. The Kier molecular flexibility index (Phi) is 4.66. The predicted molar refractivity (Wildman–Crippen MR) is 83.0 cm³/mol. The summed E-state index contributed by atoms with van der Waals surface area (Å²) >= 11 is 0. The van der Waals surface area contributed by atoms with E-state index in [1.54, 1.807) is 12.1 Å². The normalized spacial score (nSPS) is 10.1. The Balaban J connectivity index is 1.86. The number of rotatable bonds is 6. The van der Waals surface area contributed by atoms with Crippen molar-refractivity contribution in [3.8, 4) is 5.75 Å². The number of aryl methyl sites for hydroxylation is 1. The zero-order valence-corrected chi connectivity index (χ0v) is 11.8. The number of benzene rings is 2. The van der Waals surface area contributed by atoms with Crippen molar-refractivity contribution in [3.05, 3.63) is 53.6 Å². The standard InChI is InChI=1S/C16H18N2O3/c1-11-3-2-4-13(9-11)21-8-7-18-12-5-6-15(17)14(10-12)16(19)20/h2-6,9-10,18H,7-8,17H2,1H3,(H,19,20). The molecule has 0 atom stereocenters. The van der Waals surface area contributed by atoms with Crippen molar-refractivity contribution in [2.24, 2.45) is 0 Å². The summed E-state index contributed by atoms with van der Waals surface area (Å²) in [5.41, 5.74) is 7.80. The quantitative estimate of drug-likeness (QED) is 0.561. The molecule has 0 spiro atoms. The van der Waals surface area contributed by atoms with Gasteiger partial charge >= 0.3 is 5.97 Å². The van der Waals surface area contributed by atoms with Crippen LogP contribution in [0.25, 0.3) is 0 Å². The van der Waals surface area contributed by atoms with Crippen LogP contribution < -0.4 is 15.8 Å². The van der Waals surface area contributed by atoms with Crippen molar-refractivity contribution < 1.29 is 14.6 Å². The van der Waals surface area contributed by atoms with E-state index in [9.17, 15) is 4.79 Å². The molecule has 2 aromatic rings. The van der Waals surface area contributed by atoms with E-state index in [1.807, 2.05) is 31.2 Å². The van der Waals surface area contributed by atoms with Crippen molar-refractivity contribution in [2.45, 2.75) is 6.92 Å². The molecule has 0 saturated carbocycles. The van der Waals surface area contributed by atoms with Gasteiger partial charge in [0.2, 0.25) is 0 Å². The van der Waals surface area contributed by atoms with E-state index >= 15 is 0 Å².